The van der Waals surface area contributed by atoms with E-state index in [0.717, 1.165) is 23.9 Å². The molecule has 0 unspecified atom stereocenters. The van der Waals surface area contributed by atoms with Crippen molar-refractivity contribution >= 4 is 39.2 Å². The van der Waals surface area contributed by atoms with Crippen molar-refractivity contribution in [1.29, 1.82) is 0 Å². The monoisotopic (exact) mass is 367 g/mol. The van der Waals surface area contributed by atoms with Gasteiger partial charge in [-0.15, -0.1) is 11.8 Å². The van der Waals surface area contributed by atoms with Crippen LogP contribution in [0.15, 0.2) is 29.2 Å². The van der Waals surface area contributed by atoms with Crippen molar-refractivity contribution in [3.63, 3.8) is 0 Å². The normalized spacial score (nSPS) is 11.3. The maximum absolute atomic E-state index is 12.4. The molecule has 0 saturated carbocycles. The van der Waals surface area contributed by atoms with Crippen molar-refractivity contribution < 1.29 is 31.5 Å². The number of ether oxygens (including phenoxy) is 1. The Balaban J connectivity index is 2.52. The molecule has 23 heavy (non-hydrogen) atoms. The predicted molar refractivity (Wildman–Crippen MR) is 82.2 cm³/mol. The van der Waals surface area contributed by atoms with E-state index in [1.54, 1.807) is 6.92 Å². The van der Waals surface area contributed by atoms with Crippen LogP contribution >= 0.6 is 11.8 Å². The lowest BCUT2D eigenvalue weighted by Crippen LogP contribution is -2.16. The van der Waals surface area contributed by atoms with Gasteiger partial charge in [-0.3, -0.25) is 9.59 Å². The highest BCUT2D eigenvalue weighted by molar-refractivity contribution is 8.00. The number of carbonyl (C=O) groups is 2. The van der Waals surface area contributed by atoms with E-state index in [2.05, 4.69) is 5.32 Å². The number of benzene rings is 1. The molecule has 0 radical (unpaired) electrons. The summed E-state index contributed by atoms with van der Waals surface area (Å²) < 4.78 is 51.9. The molecule has 1 N–H and O–H groups in total. The van der Waals surface area contributed by atoms with E-state index in [9.17, 15) is 26.8 Å². The van der Waals surface area contributed by atoms with E-state index >= 15 is 0 Å². The average Bonchev–Trinajstić information content (AvgIpc) is 2.48. The lowest BCUT2D eigenvalue weighted by molar-refractivity contribution is -0.139. The number of sulfone groups is 1. The minimum atomic E-state index is -4.65. The average molecular weight is 367 g/mol. The van der Waals surface area contributed by atoms with Crippen molar-refractivity contribution in [2.75, 3.05) is 23.4 Å². The summed E-state index contributed by atoms with van der Waals surface area (Å²) in [6.07, 6.45) is 0. The van der Waals surface area contributed by atoms with Crippen molar-refractivity contribution in [2.24, 2.45) is 0 Å². The highest BCUT2D eigenvalue weighted by Gasteiger charge is 2.26. The molecule has 0 spiro atoms. The first-order valence-electron chi connectivity index (χ1n) is 6.42. The zero-order valence-corrected chi connectivity index (χ0v) is 13.8. The summed E-state index contributed by atoms with van der Waals surface area (Å²) in [5, 5.41) is 2.46. The van der Waals surface area contributed by atoms with Crippen LogP contribution in [0.1, 0.15) is 6.92 Å². The fraction of sp³-hybridized carbons (Fsp3) is 0.385. The molecule has 0 aliphatic carbocycles. The summed E-state index contributed by atoms with van der Waals surface area (Å²) in [7, 11) is -4.65. The molecule has 10 heteroatoms. The number of thioether (sulfide) groups is 1. The minimum Gasteiger partial charge on any atom is -0.465 e. The van der Waals surface area contributed by atoms with Crippen LogP contribution in [-0.2, 0) is 24.2 Å². The second-order valence-corrected chi connectivity index (χ2v) is 7.08. The van der Waals surface area contributed by atoms with Gasteiger partial charge in [-0.05, 0) is 31.2 Å². The quantitative estimate of drug-likeness (QED) is 0.706. The van der Waals surface area contributed by atoms with Gasteiger partial charge in [0.2, 0.25) is 15.7 Å². The van der Waals surface area contributed by atoms with E-state index < -0.39 is 32.4 Å². The third-order valence-corrected chi connectivity index (χ3v) is 4.76. The van der Waals surface area contributed by atoms with Gasteiger partial charge in [0, 0.05) is 5.69 Å². The molecule has 0 aliphatic heterocycles. The lowest BCUT2D eigenvalue weighted by Gasteiger charge is -2.07. The molecule has 1 aromatic rings. The van der Waals surface area contributed by atoms with Crippen molar-refractivity contribution in [3.8, 4) is 0 Å². The summed E-state index contributed by atoms with van der Waals surface area (Å²) in [6.45, 7) is 1.94. The van der Waals surface area contributed by atoms with Gasteiger partial charge in [0.1, 0.15) is 0 Å². The fourth-order valence-corrected chi connectivity index (χ4v) is 2.79. The third-order valence-electron chi connectivity index (χ3n) is 2.46. The number of esters is 1. The summed E-state index contributed by atoms with van der Waals surface area (Å²) in [4.78, 5) is 22.2. The fourth-order valence-electron chi connectivity index (χ4n) is 1.46. The van der Waals surface area contributed by atoms with E-state index in [-0.39, 0.29) is 23.8 Å². The van der Waals surface area contributed by atoms with Gasteiger partial charge in [0.25, 0.3) is 0 Å². The maximum Gasteiger partial charge on any atom is 0.341 e. The molecule has 0 aliphatic rings. The van der Waals surface area contributed by atoms with Crippen LogP contribution in [0.3, 0.4) is 0 Å². The zero-order valence-electron chi connectivity index (χ0n) is 12.1. The molecule has 0 heterocycles. The number of carbonyl (C=O) groups excluding carboxylic acids is 2. The number of hydrogen-bond donors (Lipinski definition) is 1. The maximum atomic E-state index is 12.4. The molecule has 0 fully saturated rings. The number of hydrogen-bond acceptors (Lipinski definition) is 6. The molecule has 0 saturated heterocycles. The van der Waals surface area contributed by atoms with Crippen LogP contribution in [0.5, 0.6) is 0 Å². The molecule has 1 amide bonds. The Labute approximate surface area is 136 Å². The Hall–Kier alpha value is -1.68. The Morgan fingerprint density at radius 3 is 2.35 bits per heavy atom. The lowest BCUT2D eigenvalue weighted by atomic mass is 10.3. The van der Waals surface area contributed by atoms with Crippen molar-refractivity contribution in [3.05, 3.63) is 24.3 Å². The van der Waals surface area contributed by atoms with Gasteiger partial charge in [0.15, 0.2) is 0 Å². The molecular weight excluding hydrogens is 352 g/mol. The first kappa shape index (κ1) is 19.4. The van der Waals surface area contributed by atoms with E-state index in [1.807, 2.05) is 0 Å². The molecule has 128 valence electrons. The largest absolute Gasteiger partial charge is 0.465 e. The topological polar surface area (TPSA) is 89.5 Å². The van der Waals surface area contributed by atoms with Gasteiger partial charge in [0.05, 0.1) is 23.0 Å². The SMILES string of the molecule is CCOC(=O)CSCC(=O)Nc1ccc(S(=O)(=O)C(F)F)cc1. The van der Waals surface area contributed by atoms with Crippen molar-refractivity contribution in [1.82, 2.24) is 0 Å². The van der Waals surface area contributed by atoms with Crippen LogP contribution < -0.4 is 5.32 Å². The van der Waals surface area contributed by atoms with Gasteiger partial charge in [-0.2, -0.15) is 8.78 Å². The van der Waals surface area contributed by atoms with Crippen LogP contribution in [0, 0.1) is 0 Å². The summed E-state index contributed by atoms with van der Waals surface area (Å²) >= 11 is 1.06. The molecule has 1 aromatic carbocycles. The van der Waals surface area contributed by atoms with E-state index in [4.69, 9.17) is 4.74 Å². The number of anilines is 1. The minimum absolute atomic E-state index is 0.00407. The van der Waals surface area contributed by atoms with Gasteiger partial charge < -0.3 is 10.1 Å². The smallest absolute Gasteiger partial charge is 0.341 e. The van der Waals surface area contributed by atoms with Gasteiger partial charge in [-0.1, -0.05) is 0 Å². The van der Waals surface area contributed by atoms with E-state index in [1.165, 1.54) is 12.1 Å². The Bertz CT molecular complexity index is 647. The second kappa shape index (κ2) is 8.82. The highest BCUT2D eigenvalue weighted by atomic mass is 32.2. The van der Waals surface area contributed by atoms with Gasteiger partial charge >= 0.3 is 11.7 Å². The predicted octanol–water partition coefficient (Wildman–Crippen LogP) is 1.92. The first-order valence-corrected chi connectivity index (χ1v) is 9.12. The van der Waals surface area contributed by atoms with Gasteiger partial charge in [-0.25, -0.2) is 8.42 Å². The number of nitrogens with one attached hydrogen (secondary N) is 1. The molecule has 0 atom stereocenters. The van der Waals surface area contributed by atoms with Crippen LogP contribution in [0.2, 0.25) is 0 Å². The van der Waals surface area contributed by atoms with Crippen molar-refractivity contribution in [2.45, 2.75) is 17.6 Å². The molecule has 0 bridgehead atoms. The highest BCUT2D eigenvalue weighted by Crippen LogP contribution is 2.20. The van der Waals surface area contributed by atoms with Crippen LogP contribution in [0.4, 0.5) is 14.5 Å². The summed E-state index contributed by atoms with van der Waals surface area (Å²) in [5.74, 6) is -4.30. The molecule has 0 aromatic heterocycles. The van der Waals surface area contributed by atoms with Crippen LogP contribution in [0.25, 0.3) is 0 Å². The molecular formula is C13H15F2NO5S2. The Morgan fingerprint density at radius 2 is 1.83 bits per heavy atom. The number of rotatable bonds is 8. The Morgan fingerprint density at radius 1 is 1.22 bits per heavy atom. The standard InChI is InChI=1S/C13H15F2NO5S2/c1-2-21-12(18)8-22-7-11(17)16-9-3-5-10(6-4-9)23(19,20)13(14)15/h3-6,13H,2,7-8H2,1H3,(H,16,17). The number of alkyl halides is 2. The number of amides is 1. The summed E-state index contributed by atoms with van der Waals surface area (Å²) in [5.41, 5.74) is 0.264. The summed E-state index contributed by atoms with van der Waals surface area (Å²) in [6, 6.07) is 4.40. The third kappa shape index (κ3) is 6.14. The second-order valence-electron chi connectivity index (χ2n) is 4.18. The molecule has 1 rings (SSSR count). The zero-order chi connectivity index (χ0) is 17.5. The van der Waals surface area contributed by atoms with E-state index in [0.29, 0.717) is 0 Å². The first-order chi connectivity index (χ1) is 10.8. The van der Waals surface area contributed by atoms with Crippen LogP contribution in [-0.4, -0.2) is 44.2 Å². The molecule has 6 nitrogen and oxygen atoms in total. The Kier molecular flexibility index (Phi) is 7.43. The number of halogens is 2.